The maximum atomic E-state index is 12.1. The van der Waals surface area contributed by atoms with Crippen LogP contribution in [0.3, 0.4) is 0 Å². The van der Waals surface area contributed by atoms with Crippen molar-refractivity contribution in [2.45, 2.75) is 0 Å². The number of para-hydroxylation sites is 1. The molecule has 0 fully saturated rings. The van der Waals surface area contributed by atoms with Crippen molar-refractivity contribution >= 4 is 40.5 Å². The van der Waals surface area contributed by atoms with Crippen LogP contribution in [0.15, 0.2) is 78.9 Å². The van der Waals surface area contributed by atoms with Crippen molar-refractivity contribution in [1.82, 2.24) is 5.32 Å². The Bertz CT molecular complexity index is 948. The summed E-state index contributed by atoms with van der Waals surface area (Å²) < 4.78 is 11.2. The lowest BCUT2D eigenvalue weighted by Crippen LogP contribution is -2.34. The van der Waals surface area contributed by atoms with Crippen LogP contribution in [0.5, 0.6) is 11.5 Å². The van der Waals surface area contributed by atoms with Gasteiger partial charge in [0.15, 0.2) is 5.11 Å². The number of benzene rings is 3. The van der Waals surface area contributed by atoms with Gasteiger partial charge >= 0.3 is 0 Å². The van der Waals surface area contributed by atoms with Gasteiger partial charge in [-0.1, -0.05) is 29.8 Å². The third kappa shape index (κ3) is 6.78. The Morgan fingerprint density at radius 3 is 2.03 bits per heavy atom. The highest BCUT2D eigenvalue weighted by Gasteiger charge is 2.08. The topological polar surface area (TPSA) is 59.6 Å². The lowest BCUT2D eigenvalue weighted by molar-refractivity contribution is 0.0977. The maximum Gasteiger partial charge on any atom is 0.257 e. The predicted molar refractivity (Wildman–Crippen MR) is 119 cm³/mol. The Kier molecular flexibility index (Phi) is 7.44. The van der Waals surface area contributed by atoms with Crippen molar-refractivity contribution in [3.63, 3.8) is 0 Å². The maximum absolute atomic E-state index is 12.1. The summed E-state index contributed by atoms with van der Waals surface area (Å²) in [6, 6.07) is 23.4. The first-order chi connectivity index (χ1) is 14.1. The number of anilines is 1. The monoisotopic (exact) mass is 426 g/mol. The number of rotatable bonds is 7. The Morgan fingerprint density at radius 2 is 1.41 bits per heavy atom. The fraction of sp³-hybridized carbons (Fsp3) is 0.0909. The van der Waals surface area contributed by atoms with Crippen molar-refractivity contribution in [3.8, 4) is 11.5 Å². The van der Waals surface area contributed by atoms with Gasteiger partial charge in [0.1, 0.15) is 24.7 Å². The average Bonchev–Trinajstić information content (AvgIpc) is 2.73. The zero-order chi connectivity index (χ0) is 20.5. The lowest BCUT2D eigenvalue weighted by atomic mass is 10.2. The number of amides is 1. The third-order valence-corrected chi connectivity index (χ3v) is 4.27. The van der Waals surface area contributed by atoms with Crippen molar-refractivity contribution in [3.05, 3.63) is 89.4 Å². The van der Waals surface area contributed by atoms with Crippen LogP contribution >= 0.6 is 23.8 Å². The highest BCUT2D eigenvalue weighted by molar-refractivity contribution is 7.80. The zero-order valence-electron chi connectivity index (χ0n) is 15.4. The molecule has 148 valence electrons. The Balaban J connectivity index is 1.41. The van der Waals surface area contributed by atoms with Gasteiger partial charge in [-0.2, -0.15) is 0 Å². The number of carbonyl (C=O) groups is 1. The van der Waals surface area contributed by atoms with Crippen molar-refractivity contribution in [2.24, 2.45) is 0 Å². The molecule has 2 N–H and O–H groups in total. The number of ether oxygens (including phenoxy) is 2. The van der Waals surface area contributed by atoms with Gasteiger partial charge in [0.05, 0.1) is 0 Å². The van der Waals surface area contributed by atoms with Gasteiger partial charge in [-0.25, -0.2) is 0 Å². The van der Waals surface area contributed by atoms with Gasteiger partial charge in [0, 0.05) is 16.3 Å². The van der Waals surface area contributed by atoms with Crippen LogP contribution in [0.4, 0.5) is 5.69 Å². The summed E-state index contributed by atoms with van der Waals surface area (Å²) in [6.45, 7) is 0.877. The molecule has 0 unspecified atom stereocenters. The molecule has 0 saturated heterocycles. The molecular weight excluding hydrogens is 408 g/mol. The molecule has 3 aromatic rings. The number of hydrogen-bond donors (Lipinski definition) is 2. The van der Waals surface area contributed by atoms with Crippen LogP contribution in [0.25, 0.3) is 0 Å². The molecule has 0 atom stereocenters. The fourth-order valence-electron chi connectivity index (χ4n) is 2.41. The molecule has 0 saturated carbocycles. The molecule has 0 heterocycles. The first-order valence-corrected chi connectivity index (χ1v) is 9.67. The summed E-state index contributed by atoms with van der Waals surface area (Å²) in [4.78, 5) is 12.1. The minimum Gasteiger partial charge on any atom is -0.490 e. The summed E-state index contributed by atoms with van der Waals surface area (Å²) >= 11 is 11.0. The predicted octanol–water partition coefficient (Wildman–Crippen LogP) is 4.92. The Hall–Kier alpha value is -3.09. The molecule has 0 aliphatic carbocycles. The SMILES string of the molecule is O=C(NC(=S)Nc1ccc(OCCOc2ccccc2)cc1)c1ccc(Cl)cc1. The average molecular weight is 427 g/mol. The molecule has 0 aliphatic heterocycles. The normalized spacial score (nSPS) is 10.1. The van der Waals surface area contributed by atoms with Gasteiger partial charge in [0.2, 0.25) is 0 Å². The second kappa shape index (κ2) is 10.5. The van der Waals surface area contributed by atoms with E-state index in [9.17, 15) is 4.79 Å². The number of nitrogens with one attached hydrogen (secondary N) is 2. The molecular formula is C22H19ClN2O3S. The molecule has 3 aromatic carbocycles. The number of carbonyl (C=O) groups excluding carboxylic acids is 1. The van der Waals surface area contributed by atoms with E-state index in [1.54, 1.807) is 24.3 Å². The Morgan fingerprint density at radius 1 is 0.828 bits per heavy atom. The quantitative estimate of drug-likeness (QED) is 0.414. The van der Waals surface area contributed by atoms with Crippen LogP contribution in [0.1, 0.15) is 10.4 Å². The van der Waals surface area contributed by atoms with E-state index >= 15 is 0 Å². The number of hydrogen-bond acceptors (Lipinski definition) is 4. The van der Waals surface area contributed by atoms with Gasteiger partial charge in [-0.3, -0.25) is 10.1 Å². The van der Waals surface area contributed by atoms with Gasteiger partial charge in [0.25, 0.3) is 5.91 Å². The fourth-order valence-corrected chi connectivity index (χ4v) is 2.75. The van der Waals surface area contributed by atoms with E-state index in [-0.39, 0.29) is 11.0 Å². The second-order valence-electron chi connectivity index (χ2n) is 5.95. The van der Waals surface area contributed by atoms with Crippen LogP contribution in [-0.4, -0.2) is 24.2 Å². The van der Waals surface area contributed by atoms with E-state index in [1.807, 2.05) is 54.6 Å². The summed E-state index contributed by atoms with van der Waals surface area (Å²) in [6.07, 6.45) is 0. The Labute approximate surface area is 179 Å². The van der Waals surface area contributed by atoms with Crippen LogP contribution in [0, 0.1) is 0 Å². The molecule has 1 amide bonds. The van der Waals surface area contributed by atoms with Crippen LogP contribution in [-0.2, 0) is 0 Å². The van der Waals surface area contributed by atoms with E-state index in [2.05, 4.69) is 10.6 Å². The van der Waals surface area contributed by atoms with E-state index in [0.717, 1.165) is 11.4 Å². The van der Waals surface area contributed by atoms with Crippen molar-refractivity contribution < 1.29 is 14.3 Å². The largest absolute Gasteiger partial charge is 0.490 e. The second-order valence-corrected chi connectivity index (χ2v) is 6.79. The first-order valence-electron chi connectivity index (χ1n) is 8.89. The van der Waals surface area contributed by atoms with E-state index in [4.69, 9.17) is 33.3 Å². The summed E-state index contributed by atoms with van der Waals surface area (Å²) in [5.74, 6) is 1.21. The molecule has 0 bridgehead atoms. The van der Waals surface area contributed by atoms with Gasteiger partial charge < -0.3 is 14.8 Å². The van der Waals surface area contributed by atoms with Crippen LogP contribution < -0.4 is 20.1 Å². The summed E-state index contributed by atoms with van der Waals surface area (Å²) in [5.41, 5.74) is 1.21. The molecule has 5 nitrogen and oxygen atoms in total. The minimum atomic E-state index is -0.308. The molecule has 0 spiro atoms. The summed E-state index contributed by atoms with van der Waals surface area (Å²) in [5, 5.41) is 6.36. The van der Waals surface area contributed by atoms with E-state index in [1.165, 1.54) is 0 Å². The number of halogens is 1. The standard InChI is InChI=1S/C22H19ClN2O3S/c23-17-8-6-16(7-9-17)21(26)25-22(29)24-18-10-12-20(13-11-18)28-15-14-27-19-4-2-1-3-5-19/h1-13H,14-15H2,(H2,24,25,26,29). The molecule has 7 heteroatoms. The third-order valence-electron chi connectivity index (χ3n) is 3.81. The van der Waals surface area contributed by atoms with Gasteiger partial charge in [-0.15, -0.1) is 0 Å². The molecule has 0 aliphatic rings. The van der Waals surface area contributed by atoms with Gasteiger partial charge in [-0.05, 0) is 72.9 Å². The molecule has 29 heavy (non-hydrogen) atoms. The molecule has 0 aromatic heterocycles. The van der Waals surface area contributed by atoms with Crippen molar-refractivity contribution in [1.29, 1.82) is 0 Å². The van der Waals surface area contributed by atoms with Crippen molar-refractivity contribution in [2.75, 3.05) is 18.5 Å². The number of thiocarbonyl (C=S) groups is 1. The molecule has 3 rings (SSSR count). The van der Waals surface area contributed by atoms with Crippen LogP contribution in [0.2, 0.25) is 5.02 Å². The first kappa shape index (κ1) is 20.6. The van der Waals surface area contributed by atoms with E-state index < -0.39 is 0 Å². The smallest absolute Gasteiger partial charge is 0.257 e. The zero-order valence-corrected chi connectivity index (χ0v) is 17.0. The molecule has 0 radical (unpaired) electrons. The summed E-state index contributed by atoms with van der Waals surface area (Å²) in [7, 11) is 0. The highest BCUT2D eigenvalue weighted by atomic mass is 35.5. The van der Waals surface area contributed by atoms with E-state index in [0.29, 0.717) is 29.5 Å². The lowest BCUT2D eigenvalue weighted by Gasteiger charge is -2.11. The minimum absolute atomic E-state index is 0.204. The highest BCUT2D eigenvalue weighted by Crippen LogP contribution is 2.16.